The van der Waals surface area contributed by atoms with Crippen molar-refractivity contribution in [1.29, 1.82) is 0 Å². The van der Waals surface area contributed by atoms with Gasteiger partial charge in [-0.25, -0.2) is 14.1 Å². The fraction of sp³-hybridized carbons (Fsp3) is 0.0690. The topological polar surface area (TPSA) is 61.4 Å². The second-order valence-electron chi connectivity index (χ2n) is 8.42. The minimum absolute atomic E-state index is 0.0768. The molecule has 0 N–H and O–H groups in total. The highest BCUT2D eigenvalue weighted by atomic mass is 32.1. The van der Waals surface area contributed by atoms with E-state index in [1.165, 1.54) is 11.3 Å². The van der Waals surface area contributed by atoms with Crippen molar-refractivity contribution in [3.05, 3.63) is 118 Å². The van der Waals surface area contributed by atoms with E-state index in [0.29, 0.717) is 16.1 Å². The van der Waals surface area contributed by atoms with Crippen LogP contribution in [0, 0.1) is 6.92 Å². The number of benzene rings is 3. The number of nitrogens with zero attached hydrogens (tertiary/aromatic N) is 4. The number of hydrogen-bond donors (Lipinski definition) is 0. The van der Waals surface area contributed by atoms with Crippen LogP contribution in [0.2, 0.25) is 0 Å². The summed E-state index contributed by atoms with van der Waals surface area (Å²) in [6.45, 7) is 6.19. The summed E-state index contributed by atoms with van der Waals surface area (Å²) in [5.74, 6) is 0.775. The molecule has 3 aromatic heterocycles. The Morgan fingerprint density at radius 2 is 1.86 bits per heavy atom. The van der Waals surface area contributed by atoms with Crippen LogP contribution in [-0.4, -0.2) is 25.8 Å². The molecule has 0 atom stereocenters. The van der Waals surface area contributed by atoms with Gasteiger partial charge in [0.2, 0.25) is 0 Å². The number of ether oxygens (including phenoxy) is 1. The van der Waals surface area contributed by atoms with Crippen LogP contribution in [0.15, 0.2) is 96.4 Å². The number of thiazole rings is 1. The predicted molar refractivity (Wildman–Crippen MR) is 145 cm³/mol. The lowest BCUT2D eigenvalue weighted by Gasteiger charge is -2.08. The van der Waals surface area contributed by atoms with Crippen molar-refractivity contribution in [2.24, 2.45) is 0 Å². The van der Waals surface area contributed by atoms with Crippen molar-refractivity contribution in [1.82, 2.24) is 19.2 Å². The highest BCUT2D eigenvalue weighted by Crippen LogP contribution is 2.30. The Balaban J connectivity index is 1.54. The minimum Gasteiger partial charge on any atom is -0.490 e. The average molecular weight is 491 g/mol. The van der Waals surface area contributed by atoms with Crippen LogP contribution in [-0.2, 0) is 0 Å². The summed E-state index contributed by atoms with van der Waals surface area (Å²) in [5.41, 5.74) is 6.15. The molecule has 0 radical (unpaired) electrons. The highest BCUT2D eigenvalue weighted by molar-refractivity contribution is 7.15. The van der Waals surface area contributed by atoms with Crippen LogP contribution in [0.1, 0.15) is 11.1 Å². The number of rotatable bonds is 6. The molecule has 0 amide bonds. The molecular formula is C29H22N4O2S. The summed E-state index contributed by atoms with van der Waals surface area (Å²) in [5, 5.41) is 4.93. The second-order valence-corrected chi connectivity index (χ2v) is 9.43. The predicted octanol–water partition coefficient (Wildman–Crippen LogP) is 5.18. The third kappa shape index (κ3) is 3.79. The quantitative estimate of drug-likeness (QED) is 0.302. The SMILES string of the molecule is C=CCOc1ccc(-c2nn(-c3ccccc3)cc2/C=c2\sc3nc4ccccc4n3c2=O)c(C)c1. The smallest absolute Gasteiger partial charge is 0.274 e. The van der Waals surface area contributed by atoms with Crippen LogP contribution < -0.4 is 14.8 Å². The average Bonchev–Trinajstić information content (AvgIpc) is 3.56. The Bertz CT molecular complexity index is 1850. The molecule has 0 saturated heterocycles. The number of hydrogen-bond acceptors (Lipinski definition) is 5. The molecule has 3 aromatic carbocycles. The van der Waals surface area contributed by atoms with Crippen molar-refractivity contribution >= 4 is 33.4 Å². The van der Waals surface area contributed by atoms with Crippen molar-refractivity contribution in [2.45, 2.75) is 6.92 Å². The Hall–Kier alpha value is -4.49. The first-order valence-electron chi connectivity index (χ1n) is 11.5. The molecule has 3 heterocycles. The van der Waals surface area contributed by atoms with E-state index in [1.807, 2.05) is 96.7 Å². The normalized spacial score (nSPS) is 12.0. The first kappa shape index (κ1) is 22.0. The molecule has 0 spiro atoms. The molecular weight excluding hydrogens is 468 g/mol. The van der Waals surface area contributed by atoms with Crippen LogP contribution in [0.3, 0.4) is 0 Å². The molecule has 0 unspecified atom stereocenters. The van der Waals surface area contributed by atoms with Gasteiger partial charge in [0.05, 0.1) is 21.3 Å². The number of imidazole rings is 1. The molecule has 36 heavy (non-hydrogen) atoms. The molecule has 6 rings (SSSR count). The van der Waals surface area contributed by atoms with Crippen molar-refractivity contribution in [2.75, 3.05) is 6.61 Å². The molecule has 0 bridgehead atoms. The zero-order valence-corrected chi connectivity index (χ0v) is 20.4. The molecule has 6 nitrogen and oxygen atoms in total. The van der Waals surface area contributed by atoms with E-state index in [4.69, 9.17) is 9.84 Å². The van der Waals surface area contributed by atoms with Crippen molar-refractivity contribution in [3.63, 3.8) is 0 Å². The number of para-hydroxylation sites is 3. The third-order valence-corrected chi connectivity index (χ3v) is 6.98. The fourth-order valence-electron chi connectivity index (χ4n) is 4.32. The molecule has 0 saturated carbocycles. The van der Waals surface area contributed by atoms with Crippen LogP contribution in [0.5, 0.6) is 5.75 Å². The van der Waals surface area contributed by atoms with E-state index in [1.54, 1.807) is 10.5 Å². The lowest BCUT2D eigenvalue weighted by atomic mass is 10.0. The Morgan fingerprint density at radius 1 is 1.06 bits per heavy atom. The summed E-state index contributed by atoms with van der Waals surface area (Å²) in [4.78, 5) is 18.7. The Labute approximate surface area is 211 Å². The minimum atomic E-state index is -0.0768. The standard InChI is InChI=1S/C29H22N4O2S/c1-3-15-35-22-13-14-23(19(2)16-22)27-20(18-32(31-27)21-9-5-4-6-10-21)17-26-28(34)33-25-12-8-7-11-24(25)30-29(33)36-26/h3-14,16-18H,1,15H2,2H3/b26-17-. The monoisotopic (exact) mass is 490 g/mol. The third-order valence-electron chi connectivity index (χ3n) is 6.02. The van der Waals surface area contributed by atoms with E-state index in [0.717, 1.165) is 44.9 Å². The summed E-state index contributed by atoms with van der Waals surface area (Å²) >= 11 is 1.39. The van der Waals surface area contributed by atoms with E-state index in [2.05, 4.69) is 11.6 Å². The lowest BCUT2D eigenvalue weighted by molar-refractivity contribution is 0.363. The van der Waals surface area contributed by atoms with Crippen LogP contribution in [0.25, 0.3) is 39.0 Å². The van der Waals surface area contributed by atoms with Gasteiger partial charge < -0.3 is 4.74 Å². The van der Waals surface area contributed by atoms with E-state index in [-0.39, 0.29) is 5.56 Å². The number of aromatic nitrogens is 4. The zero-order valence-electron chi connectivity index (χ0n) is 19.6. The van der Waals surface area contributed by atoms with E-state index >= 15 is 0 Å². The first-order valence-corrected chi connectivity index (χ1v) is 12.4. The summed E-state index contributed by atoms with van der Waals surface area (Å²) in [6.07, 6.45) is 5.60. The van der Waals surface area contributed by atoms with Gasteiger partial charge in [0.15, 0.2) is 4.96 Å². The second kappa shape index (κ2) is 8.94. The van der Waals surface area contributed by atoms with Crippen LogP contribution in [0.4, 0.5) is 0 Å². The van der Waals surface area contributed by atoms with E-state index in [9.17, 15) is 4.79 Å². The van der Waals surface area contributed by atoms with Crippen molar-refractivity contribution < 1.29 is 4.74 Å². The zero-order chi connectivity index (χ0) is 24.6. The summed E-state index contributed by atoms with van der Waals surface area (Å²) in [6, 6.07) is 23.6. The maximum atomic E-state index is 13.4. The van der Waals surface area contributed by atoms with Gasteiger partial charge in [-0.15, -0.1) is 0 Å². The summed E-state index contributed by atoms with van der Waals surface area (Å²) < 4.78 is 9.85. The summed E-state index contributed by atoms with van der Waals surface area (Å²) in [7, 11) is 0. The number of aryl methyl sites for hydroxylation is 1. The van der Waals surface area contributed by atoms with Crippen molar-refractivity contribution in [3.8, 4) is 22.7 Å². The maximum Gasteiger partial charge on any atom is 0.274 e. The molecule has 0 aliphatic rings. The van der Waals surface area contributed by atoms with Crippen LogP contribution >= 0.6 is 11.3 Å². The van der Waals surface area contributed by atoms with Gasteiger partial charge in [0.1, 0.15) is 18.1 Å². The van der Waals surface area contributed by atoms with Gasteiger partial charge in [-0.05, 0) is 61.0 Å². The maximum absolute atomic E-state index is 13.4. The number of fused-ring (bicyclic) bond motifs is 3. The largest absolute Gasteiger partial charge is 0.490 e. The lowest BCUT2D eigenvalue weighted by Crippen LogP contribution is -2.22. The Morgan fingerprint density at radius 3 is 2.67 bits per heavy atom. The fourth-order valence-corrected chi connectivity index (χ4v) is 5.29. The molecule has 176 valence electrons. The van der Waals surface area contributed by atoms with Gasteiger partial charge in [0, 0.05) is 17.3 Å². The molecule has 7 heteroatoms. The van der Waals surface area contributed by atoms with Gasteiger partial charge in [0.25, 0.3) is 5.56 Å². The molecule has 0 aliphatic carbocycles. The first-order chi connectivity index (χ1) is 17.6. The van der Waals surface area contributed by atoms with Gasteiger partial charge in [-0.2, -0.15) is 5.10 Å². The highest BCUT2D eigenvalue weighted by Gasteiger charge is 2.16. The molecule has 0 aliphatic heterocycles. The molecule has 6 aromatic rings. The molecule has 0 fully saturated rings. The van der Waals surface area contributed by atoms with Gasteiger partial charge >= 0.3 is 0 Å². The Kier molecular flexibility index (Phi) is 5.47. The van der Waals surface area contributed by atoms with E-state index < -0.39 is 0 Å². The van der Waals surface area contributed by atoms with Gasteiger partial charge in [-0.3, -0.25) is 4.79 Å². The van der Waals surface area contributed by atoms with Gasteiger partial charge in [-0.1, -0.05) is 54.3 Å².